The first-order valence-electron chi connectivity index (χ1n) is 7.73. The van der Waals surface area contributed by atoms with Crippen molar-refractivity contribution in [2.24, 2.45) is 5.41 Å². The summed E-state index contributed by atoms with van der Waals surface area (Å²) in [5, 5.41) is 2.92. The Morgan fingerprint density at radius 1 is 1.04 bits per heavy atom. The fourth-order valence-electron chi connectivity index (χ4n) is 3.60. The summed E-state index contributed by atoms with van der Waals surface area (Å²) in [6, 6.07) is 9.82. The summed E-state index contributed by atoms with van der Waals surface area (Å²) in [5.74, 6) is -3.84. The summed E-state index contributed by atoms with van der Waals surface area (Å²) in [4.78, 5) is 14.3. The molecular weight excluding hydrogens is 317 g/mol. The number of benzene rings is 2. The second kappa shape index (κ2) is 5.34. The number of amides is 1. The molecule has 3 nitrogen and oxygen atoms in total. The number of likely N-dealkylation sites (tertiary alicyclic amines) is 1. The van der Waals surface area contributed by atoms with Gasteiger partial charge < -0.3 is 5.32 Å². The Bertz CT molecular complexity index is 831. The predicted molar refractivity (Wildman–Crippen MR) is 82.8 cm³/mol. The van der Waals surface area contributed by atoms with E-state index in [2.05, 4.69) is 5.32 Å². The molecule has 4 rings (SSSR count). The van der Waals surface area contributed by atoms with E-state index in [1.807, 2.05) is 29.2 Å². The van der Waals surface area contributed by atoms with Gasteiger partial charge in [0.15, 0.2) is 17.5 Å². The Hall–Kier alpha value is -2.34. The van der Waals surface area contributed by atoms with Crippen molar-refractivity contribution in [1.82, 2.24) is 4.90 Å². The zero-order valence-electron chi connectivity index (χ0n) is 12.8. The lowest BCUT2D eigenvalue weighted by atomic mass is 9.71. The van der Waals surface area contributed by atoms with Gasteiger partial charge in [-0.3, -0.25) is 9.69 Å². The van der Waals surface area contributed by atoms with Gasteiger partial charge in [0.2, 0.25) is 5.91 Å². The van der Waals surface area contributed by atoms with Crippen molar-refractivity contribution in [3.63, 3.8) is 0 Å². The average Bonchev–Trinajstić information content (AvgIpc) is 2.54. The number of carbonyl (C=O) groups is 1. The van der Waals surface area contributed by atoms with E-state index in [-0.39, 0.29) is 18.0 Å². The maximum absolute atomic E-state index is 13.8. The number of para-hydroxylation sites is 1. The van der Waals surface area contributed by atoms with Crippen molar-refractivity contribution >= 4 is 11.6 Å². The van der Waals surface area contributed by atoms with Crippen molar-refractivity contribution in [3.8, 4) is 0 Å². The molecule has 2 aliphatic rings. The second-order valence-electron chi connectivity index (χ2n) is 6.55. The highest BCUT2D eigenvalue weighted by Crippen LogP contribution is 2.41. The number of halogens is 3. The summed E-state index contributed by atoms with van der Waals surface area (Å²) in [6.07, 6.45) is 0.631. The van der Waals surface area contributed by atoms with Crippen LogP contribution in [-0.2, 0) is 17.8 Å². The minimum absolute atomic E-state index is 0.0387. The first kappa shape index (κ1) is 15.2. The number of hydrogen-bond acceptors (Lipinski definition) is 2. The molecule has 0 unspecified atom stereocenters. The van der Waals surface area contributed by atoms with Crippen molar-refractivity contribution < 1.29 is 18.0 Å². The fourth-order valence-corrected chi connectivity index (χ4v) is 3.60. The molecule has 0 bridgehead atoms. The van der Waals surface area contributed by atoms with E-state index in [9.17, 15) is 18.0 Å². The molecule has 24 heavy (non-hydrogen) atoms. The van der Waals surface area contributed by atoms with Gasteiger partial charge >= 0.3 is 0 Å². The molecule has 2 aromatic carbocycles. The highest BCUT2D eigenvalue weighted by atomic mass is 19.2. The minimum atomic E-state index is -1.45. The number of anilines is 1. The summed E-state index contributed by atoms with van der Waals surface area (Å²) in [6.45, 7) is 1.08. The van der Waals surface area contributed by atoms with Gasteiger partial charge in [-0.15, -0.1) is 0 Å². The highest BCUT2D eigenvalue weighted by molar-refractivity contribution is 5.99. The van der Waals surface area contributed by atoms with E-state index in [1.54, 1.807) is 0 Å². The van der Waals surface area contributed by atoms with Gasteiger partial charge in [0.25, 0.3) is 0 Å². The van der Waals surface area contributed by atoms with E-state index in [1.165, 1.54) is 6.07 Å². The summed E-state index contributed by atoms with van der Waals surface area (Å²) in [7, 11) is 0. The van der Waals surface area contributed by atoms with E-state index in [4.69, 9.17) is 0 Å². The first-order valence-corrected chi connectivity index (χ1v) is 7.73. The highest BCUT2D eigenvalue weighted by Gasteiger charge is 2.51. The van der Waals surface area contributed by atoms with Crippen LogP contribution >= 0.6 is 0 Å². The van der Waals surface area contributed by atoms with E-state index >= 15 is 0 Å². The van der Waals surface area contributed by atoms with Crippen molar-refractivity contribution in [3.05, 3.63) is 65.0 Å². The number of carbonyl (C=O) groups excluding carboxylic acids is 1. The first-order chi connectivity index (χ1) is 11.5. The van der Waals surface area contributed by atoms with Gasteiger partial charge in [-0.05, 0) is 24.1 Å². The van der Waals surface area contributed by atoms with E-state index in [0.717, 1.165) is 17.3 Å². The zero-order chi connectivity index (χ0) is 16.9. The predicted octanol–water partition coefficient (Wildman–Crippen LogP) is 3.10. The van der Waals surface area contributed by atoms with Crippen LogP contribution in [-0.4, -0.2) is 23.9 Å². The van der Waals surface area contributed by atoms with Crippen LogP contribution in [0.2, 0.25) is 0 Å². The Morgan fingerprint density at radius 3 is 2.58 bits per heavy atom. The monoisotopic (exact) mass is 332 g/mol. The Labute approximate surface area is 137 Å². The molecule has 1 N–H and O–H groups in total. The smallest absolute Gasteiger partial charge is 0.233 e. The molecule has 1 fully saturated rings. The minimum Gasteiger partial charge on any atom is -0.325 e. The third-order valence-corrected chi connectivity index (χ3v) is 4.84. The van der Waals surface area contributed by atoms with Crippen molar-refractivity contribution in [2.45, 2.75) is 13.0 Å². The second-order valence-corrected chi connectivity index (χ2v) is 6.55. The molecular formula is C18H15F3N2O. The van der Waals surface area contributed by atoms with Gasteiger partial charge in [0.05, 0.1) is 5.41 Å². The van der Waals surface area contributed by atoms with Gasteiger partial charge in [0, 0.05) is 30.9 Å². The number of nitrogens with zero attached hydrogens (tertiary/aromatic N) is 1. The van der Waals surface area contributed by atoms with Gasteiger partial charge in [-0.25, -0.2) is 13.2 Å². The molecule has 1 saturated heterocycles. The van der Waals surface area contributed by atoms with Gasteiger partial charge in [0.1, 0.15) is 0 Å². The van der Waals surface area contributed by atoms with Crippen LogP contribution in [0.3, 0.4) is 0 Å². The molecule has 0 radical (unpaired) electrons. The molecule has 2 heterocycles. The van der Waals surface area contributed by atoms with Gasteiger partial charge in [-0.1, -0.05) is 24.3 Å². The molecule has 6 heteroatoms. The number of rotatable bonds is 2. The normalized spacial score (nSPS) is 18.9. The zero-order valence-corrected chi connectivity index (χ0v) is 12.8. The fraction of sp³-hybridized carbons (Fsp3) is 0.278. The largest absolute Gasteiger partial charge is 0.325 e. The molecule has 1 amide bonds. The average molecular weight is 332 g/mol. The maximum Gasteiger partial charge on any atom is 0.233 e. The molecule has 1 spiro atoms. The third kappa shape index (κ3) is 2.29. The Kier molecular flexibility index (Phi) is 3.38. The summed E-state index contributed by atoms with van der Waals surface area (Å²) >= 11 is 0. The van der Waals surface area contributed by atoms with Crippen LogP contribution < -0.4 is 5.32 Å². The maximum atomic E-state index is 13.8. The Morgan fingerprint density at radius 2 is 1.79 bits per heavy atom. The third-order valence-electron chi connectivity index (χ3n) is 4.84. The lowest BCUT2D eigenvalue weighted by Crippen LogP contribution is -2.63. The molecule has 0 aromatic heterocycles. The van der Waals surface area contributed by atoms with Crippen LogP contribution in [0.15, 0.2) is 36.4 Å². The molecule has 0 aliphatic carbocycles. The lowest BCUT2D eigenvalue weighted by Gasteiger charge is -2.51. The van der Waals surface area contributed by atoms with Crippen LogP contribution in [0, 0.1) is 22.9 Å². The molecule has 0 atom stereocenters. The standard InChI is InChI=1S/C18H15F3N2O/c19-13-6-5-12(15(20)16(13)21)8-23-9-18(10-23)7-11-3-1-2-4-14(11)22-17(18)24/h1-6H,7-10H2,(H,22,24). The van der Waals surface area contributed by atoms with Crippen LogP contribution in [0.25, 0.3) is 0 Å². The SMILES string of the molecule is O=C1Nc2ccccc2CC12CN(Cc1ccc(F)c(F)c1F)C2. The van der Waals surface area contributed by atoms with Crippen molar-refractivity contribution in [1.29, 1.82) is 0 Å². The molecule has 124 valence electrons. The van der Waals surface area contributed by atoms with Crippen LogP contribution in [0.4, 0.5) is 18.9 Å². The molecule has 2 aliphatic heterocycles. The summed E-state index contributed by atoms with van der Waals surface area (Å²) < 4.78 is 40.1. The van der Waals surface area contributed by atoms with Gasteiger partial charge in [-0.2, -0.15) is 0 Å². The number of nitrogens with one attached hydrogen (secondary N) is 1. The van der Waals surface area contributed by atoms with Crippen LogP contribution in [0.5, 0.6) is 0 Å². The van der Waals surface area contributed by atoms with E-state index < -0.39 is 22.9 Å². The number of hydrogen-bond donors (Lipinski definition) is 1. The molecule has 0 saturated carbocycles. The summed E-state index contributed by atoms with van der Waals surface area (Å²) in [5.41, 5.74) is 1.48. The lowest BCUT2D eigenvalue weighted by molar-refractivity contribution is -0.137. The van der Waals surface area contributed by atoms with Crippen LogP contribution in [0.1, 0.15) is 11.1 Å². The topological polar surface area (TPSA) is 32.3 Å². The van der Waals surface area contributed by atoms with E-state index in [0.29, 0.717) is 19.5 Å². The molecule has 2 aromatic rings. The van der Waals surface area contributed by atoms with Crippen molar-refractivity contribution in [2.75, 3.05) is 18.4 Å². The Balaban J connectivity index is 1.49. The quantitative estimate of drug-likeness (QED) is 0.857. The number of fused-ring (bicyclic) bond motifs is 1.